The third-order valence-electron chi connectivity index (χ3n) is 2.95. The highest BCUT2D eigenvalue weighted by Crippen LogP contribution is 2.36. The van der Waals surface area contributed by atoms with E-state index in [9.17, 15) is 4.79 Å². The second-order valence-corrected chi connectivity index (χ2v) is 4.38. The highest BCUT2D eigenvalue weighted by Gasteiger charge is 2.32. The highest BCUT2D eigenvalue weighted by molar-refractivity contribution is 5.68. The average molecular weight is 220 g/mol. The zero-order valence-corrected chi connectivity index (χ0v) is 9.31. The van der Waals surface area contributed by atoms with E-state index in [2.05, 4.69) is 10.3 Å². The van der Waals surface area contributed by atoms with Gasteiger partial charge in [0.2, 0.25) is 0 Å². The molecule has 0 spiro atoms. The lowest BCUT2D eigenvalue weighted by molar-refractivity contribution is -0.137. The Kier molecular flexibility index (Phi) is 3.08. The van der Waals surface area contributed by atoms with Crippen LogP contribution in [0.2, 0.25) is 0 Å². The van der Waals surface area contributed by atoms with E-state index in [0.717, 1.165) is 24.1 Å². The molecule has 1 aromatic rings. The number of rotatable bonds is 5. The van der Waals surface area contributed by atoms with Gasteiger partial charge >= 0.3 is 5.97 Å². The van der Waals surface area contributed by atoms with Gasteiger partial charge in [-0.05, 0) is 37.3 Å². The van der Waals surface area contributed by atoms with E-state index in [1.54, 1.807) is 12.4 Å². The van der Waals surface area contributed by atoms with Crippen LogP contribution >= 0.6 is 0 Å². The number of carbonyl (C=O) groups is 1. The molecule has 1 fully saturated rings. The summed E-state index contributed by atoms with van der Waals surface area (Å²) in [4.78, 5) is 14.8. The number of aliphatic carboxylic acids is 1. The van der Waals surface area contributed by atoms with Crippen LogP contribution < -0.4 is 5.32 Å². The summed E-state index contributed by atoms with van der Waals surface area (Å²) in [5, 5.41) is 12.2. The zero-order valence-electron chi connectivity index (χ0n) is 9.31. The van der Waals surface area contributed by atoms with E-state index < -0.39 is 5.97 Å². The Hall–Kier alpha value is -1.58. The van der Waals surface area contributed by atoms with Gasteiger partial charge in [-0.1, -0.05) is 0 Å². The summed E-state index contributed by atoms with van der Waals surface area (Å²) in [6.45, 7) is 1.97. The zero-order chi connectivity index (χ0) is 11.5. The first-order chi connectivity index (χ1) is 7.66. The quantitative estimate of drug-likeness (QED) is 0.797. The highest BCUT2D eigenvalue weighted by atomic mass is 16.4. The monoisotopic (exact) mass is 220 g/mol. The van der Waals surface area contributed by atoms with E-state index in [1.807, 2.05) is 13.0 Å². The normalized spacial score (nSPS) is 16.8. The van der Waals surface area contributed by atoms with Crippen molar-refractivity contribution in [2.24, 2.45) is 5.92 Å². The van der Waals surface area contributed by atoms with E-state index >= 15 is 0 Å². The van der Waals surface area contributed by atoms with Crippen LogP contribution in [0.1, 0.15) is 24.8 Å². The van der Waals surface area contributed by atoms with Gasteiger partial charge in [-0.3, -0.25) is 9.78 Å². The lowest BCUT2D eigenvalue weighted by atomic mass is 10.1. The summed E-state index contributed by atoms with van der Waals surface area (Å²) in [6.07, 6.45) is 5.96. The molecule has 4 nitrogen and oxygen atoms in total. The predicted octanol–water partition coefficient (Wildman–Crippen LogP) is 2.06. The molecular formula is C12H16N2O2. The minimum atomic E-state index is -0.740. The summed E-state index contributed by atoms with van der Waals surface area (Å²) in [5.41, 5.74) is 2.05. The van der Waals surface area contributed by atoms with E-state index in [4.69, 9.17) is 5.11 Å². The van der Waals surface area contributed by atoms with Gasteiger partial charge in [0.1, 0.15) is 0 Å². The standard InChI is InChI=1S/C12H16N2O2/c1-8-7-13-5-4-10(8)14-11(6-12(15)16)9-2-3-9/h4-5,7,9,11H,2-3,6H2,1H3,(H,13,14)(H,15,16). The number of nitrogens with zero attached hydrogens (tertiary/aromatic N) is 1. The van der Waals surface area contributed by atoms with Gasteiger partial charge in [0.25, 0.3) is 0 Å². The van der Waals surface area contributed by atoms with Gasteiger partial charge in [0.05, 0.1) is 6.42 Å². The largest absolute Gasteiger partial charge is 0.481 e. The van der Waals surface area contributed by atoms with Crippen LogP contribution in [0.25, 0.3) is 0 Å². The van der Waals surface area contributed by atoms with E-state index in [1.165, 1.54) is 0 Å². The van der Waals surface area contributed by atoms with Crippen molar-refractivity contribution >= 4 is 11.7 Å². The molecule has 0 aromatic carbocycles. The maximum atomic E-state index is 10.8. The first-order valence-electron chi connectivity index (χ1n) is 5.56. The summed E-state index contributed by atoms with van der Waals surface area (Å²) in [7, 11) is 0. The Balaban J connectivity index is 2.05. The van der Waals surface area contributed by atoms with Crippen LogP contribution in [0.15, 0.2) is 18.5 Å². The molecule has 4 heteroatoms. The molecule has 1 heterocycles. The third kappa shape index (κ3) is 2.72. The molecule has 16 heavy (non-hydrogen) atoms. The lowest BCUT2D eigenvalue weighted by Crippen LogP contribution is -2.25. The van der Waals surface area contributed by atoms with Crippen molar-refractivity contribution in [3.8, 4) is 0 Å². The second kappa shape index (κ2) is 4.51. The molecule has 86 valence electrons. The SMILES string of the molecule is Cc1cnccc1NC(CC(=O)O)C1CC1. The fraction of sp³-hybridized carbons (Fsp3) is 0.500. The molecule has 2 rings (SSSR count). The molecule has 1 atom stereocenters. The van der Waals surface area contributed by atoms with Crippen molar-refractivity contribution < 1.29 is 9.90 Å². The minimum Gasteiger partial charge on any atom is -0.481 e. The summed E-state index contributed by atoms with van der Waals surface area (Å²) in [5.74, 6) is -0.222. The van der Waals surface area contributed by atoms with Crippen LogP contribution in [-0.2, 0) is 4.79 Å². The van der Waals surface area contributed by atoms with Crippen molar-refractivity contribution in [2.75, 3.05) is 5.32 Å². The fourth-order valence-corrected chi connectivity index (χ4v) is 1.86. The molecule has 1 aromatic heterocycles. The number of aryl methyl sites for hydroxylation is 1. The summed E-state index contributed by atoms with van der Waals surface area (Å²) < 4.78 is 0. The second-order valence-electron chi connectivity index (χ2n) is 4.38. The third-order valence-corrected chi connectivity index (χ3v) is 2.95. The van der Waals surface area contributed by atoms with Crippen LogP contribution in [0, 0.1) is 12.8 Å². The van der Waals surface area contributed by atoms with Gasteiger partial charge in [0.15, 0.2) is 0 Å². The molecule has 0 radical (unpaired) electrons. The number of hydrogen-bond donors (Lipinski definition) is 2. The van der Waals surface area contributed by atoms with Gasteiger partial charge in [-0.15, -0.1) is 0 Å². The molecular weight excluding hydrogens is 204 g/mol. The number of pyridine rings is 1. The average Bonchev–Trinajstić information content (AvgIpc) is 3.03. The smallest absolute Gasteiger partial charge is 0.305 e. The van der Waals surface area contributed by atoms with Gasteiger partial charge in [0, 0.05) is 24.1 Å². The maximum absolute atomic E-state index is 10.8. The van der Waals surface area contributed by atoms with Crippen LogP contribution in [-0.4, -0.2) is 22.1 Å². The summed E-state index contributed by atoms with van der Waals surface area (Å²) >= 11 is 0. The number of anilines is 1. The van der Waals surface area contributed by atoms with Gasteiger partial charge in [-0.2, -0.15) is 0 Å². The molecule has 1 aliphatic carbocycles. The first kappa shape index (κ1) is 10.9. The Morgan fingerprint density at radius 2 is 2.44 bits per heavy atom. The predicted molar refractivity (Wildman–Crippen MR) is 61.4 cm³/mol. The number of carboxylic acid groups (broad SMARTS) is 1. The molecule has 0 bridgehead atoms. The Bertz CT molecular complexity index is 388. The van der Waals surface area contributed by atoms with Crippen molar-refractivity contribution in [2.45, 2.75) is 32.2 Å². The molecule has 1 saturated carbocycles. The number of aromatic nitrogens is 1. The first-order valence-corrected chi connectivity index (χ1v) is 5.56. The van der Waals surface area contributed by atoms with E-state index in [0.29, 0.717) is 5.92 Å². The molecule has 0 aliphatic heterocycles. The Labute approximate surface area is 94.7 Å². The number of nitrogens with one attached hydrogen (secondary N) is 1. The molecule has 1 unspecified atom stereocenters. The topological polar surface area (TPSA) is 62.2 Å². The molecule has 0 amide bonds. The van der Waals surface area contributed by atoms with Crippen molar-refractivity contribution in [3.63, 3.8) is 0 Å². The molecule has 0 saturated heterocycles. The van der Waals surface area contributed by atoms with E-state index in [-0.39, 0.29) is 12.5 Å². The fourth-order valence-electron chi connectivity index (χ4n) is 1.86. The number of carboxylic acids is 1. The maximum Gasteiger partial charge on any atom is 0.305 e. The molecule has 2 N–H and O–H groups in total. The Morgan fingerprint density at radius 3 is 3.00 bits per heavy atom. The van der Waals surface area contributed by atoms with Crippen molar-refractivity contribution in [1.29, 1.82) is 0 Å². The summed E-state index contributed by atoms with van der Waals surface area (Å²) in [6, 6.07) is 1.95. The minimum absolute atomic E-state index is 0.0543. The van der Waals surface area contributed by atoms with Crippen LogP contribution in [0.4, 0.5) is 5.69 Å². The van der Waals surface area contributed by atoms with Crippen molar-refractivity contribution in [1.82, 2.24) is 4.98 Å². The lowest BCUT2D eigenvalue weighted by Gasteiger charge is -2.18. The Morgan fingerprint density at radius 1 is 1.69 bits per heavy atom. The number of hydrogen-bond acceptors (Lipinski definition) is 3. The molecule has 1 aliphatic rings. The van der Waals surface area contributed by atoms with Crippen LogP contribution in [0.3, 0.4) is 0 Å². The van der Waals surface area contributed by atoms with Gasteiger partial charge in [-0.25, -0.2) is 0 Å². The van der Waals surface area contributed by atoms with Gasteiger partial charge < -0.3 is 10.4 Å². The van der Waals surface area contributed by atoms with Crippen molar-refractivity contribution in [3.05, 3.63) is 24.0 Å². The van der Waals surface area contributed by atoms with Crippen LogP contribution in [0.5, 0.6) is 0 Å².